The van der Waals surface area contributed by atoms with Crippen molar-refractivity contribution in [2.75, 3.05) is 5.88 Å². The molecular weight excluding hydrogens is 242 g/mol. The second kappa shape index (κ2) is 4.80. The molecule has 0 saturated heterocycles. The van der Waals surface area contributed by atoms with Gasteiger partial charge < -0.3 is 0 Å². The molecule has 14 heavy (non-hydrogen) atoms. The number of sulfonamides is 1. The lowest BCUT2D eigenvalue weighted by Gasteiger charge is -1.87. The van der Waals surface area contributed by atoms with E-state index in [9.17, 15) is 8.42 Å². The van der Waals surface area contributed by atoms with Crippen molar-refractivity contribution in [1.29, 1.82) is 0 Å². The van der Waals surface area contributed by atoms with E-state index in [1.807, 2.05) is 0 Å². The lowest BCUT2D eigenvalue weighted by atomic mass is 10.4. The highest BCUT2D eigenvalue weighted by Gasteiger charge is 2.09. The highest BCUT2D eigenvalue weighted by atomic mass is 35.5. The number of hydrogen-bond donors (Lipinski definition) is 1. The average Bonchev–Trinajstić information content (AvgIpc) is 2.52. The van der Waals surface area contributed by atoms with Gasteiger partial charge in [-0.2, -0.15) is 0 Å². The maximum absolute atomic E-state index is 10.9. The third-order valence-electron chi connectivity index (χ3n) is 1.29. The molecule has 6 heteroatoms. The van der Waals surface area contributed by atoms with Gasteiger partial charge in [0.2, 0.25) is 10.0 Å². The van der Waals surface area contributed by atoms with Crippen LogP contribution in [-0.2, 0) is 10.0 Å². The van der Waals surface area contributed by atoms with Crippen LogP contribution in [0.25, 0.3) is 0 Å². The fourth-order valence-corrected chi connectivity index (χ4v) is 2.44. The first-order valence-corrected chi connectivity index (χ1v) is 6.61. The Labute approximate surface area is 91.9 Å². The van der Waals surface area contributed by atoms with E-state index in [1.54, 1.807) is 6.07 Å². The van der Waals surface area contributed by atoms with Gasteiger partial charge in [-0.15, -0.1) is 22.9 Å². The summed E-state index contributed by atoms with van der Waals surface area (Å²) in [6.07, 6.45) is 0.587. The summed E-state index contributed by atoms with van der Waals surface area (Å²) in [4.78, 5) is 0.680. The van der Waals surface area contributed by atoms with Crippen LogP contribution in [0, 0.1) is 11.8 Å². The molecule has 0 unspecified atom stereocenters. The number of hydrogen-bond acceptors (Lipinski definition) is 3. The molecular formula is C8H8ClNO2S2. The van der Waals surface area contributed by atoms with Crippen molar-refractivity contribution in [2.24, 2.45) is 5.14 Å². The summed E-state index contributed by atoms with van der Waals surface area (Å²) in [5.41, 5.74) is 0. The fraction of sp³-hybridized carbons (Fsp3) is 0.250. The average molecular weight is 250 g/mol. The van der Waals surface area contributed by atoms with Gasteiger partial charge in [-0.25, -0.2) is 13.6 Å². The topological polar surface area (TPSA) is 60.2 Å². The number of rotatable bonds is 2. The molecule has 0 saturated carbocycles. The van der Waals surface area contributed by atoms with Crippen molar-refractivity contribution in [1.82, 2.24) is 0 Å². The minimum absolute atomic E-state index is 0.132. The Bertz CT molecular complexity index is 467. The van der Waals surface area contributed by atoms with Crippen LogP contribution in [0.5, 0.6) is 0 Å². The van der Waals surface area contributed by atoms with Crippen LogP contribution in [0.15, 0.2) is 16.3 Å². The molecule has 0 aliphatic carbocycles. The van der Waals surface area contributed by atoms with Gasteiger partial charge in [0.15, 0.2) is 0 Å². The van der Waals surface area contributed by atoms with Crippen molar-refractivity contribution in [2.45, 2.75) is 10.6 Å². The van der Waals surface area contributed by atoms with Crippen molar-refractivity contribution in [3.63, 3.8) is 0 Å². The molecule has 0 aromatic carbocycles. The van der Waals surface area contributed by atoms with Gasteiger partial charge in [0.1, 0.15) is 4.21 Å². The van der Waals surface area contributed by atoms with Gasteiger partial charge in [0.25, 0.3) is 0 Å². The van der Waals surface area contributed by atoms with Crippen LogP contribution in [0.4, 0.5) is 0 Å². The summed E-state index contributed by atoms with van der Waals surface area (Å²) in [7, 11) is -3.59. The Morgan fingerprint density at radius 2 is 2.21 bits per heavy atom. The predicted molar refractivity (Wildman–Crippen MR) is 57.9 cm³/mol. The zero-order valence-corrected chi connectivity index (χ0v) is 9.55. The quantitative estimate of drug-likeness (QED) is 0.636. The van der Waals surface area contributed by atoms with Crippen molar-refractivity contribution in [3.05, 3.63) is 17.0 Å². The molecule has 0 aliphatic heterocycles. The van der Waals surface area contributed by atoms with Gasteiger partial charge in [-0.05, 0) is 12.1 Å². The van der Waals surface area contributed by atoms with E-state index in [-0.39, 0.29) is 4.21 Å². The van der Waals surface area contributed by atoms with Gasteiger partial charge in [0, 0.05) is 12.3 Å². The maximum atomic E-state index is 10.9. The Morgan fingerprint density at radius 3 is 2.71 bits per heavy atom. The number of halogens is 1. The third kappa shape index (κ3) is 3.31. The van der Waals surface area contributed by atoms with Crippen LogP contribution >= 0.6 is 22.9 Å². The van der Waals surface area contributed by atoms with Gasteiger partial charge >= 0.3 is 0 Å². The molecule has 3 nitrogen and oxygen atoms in total. The smallest absolute Gasteiger partial charge is 0.224 e. The van der Waals surface area contributed by atoms with Crippen molar-refractivity contribution >= 4 is 33.0 Å². The number of thiophene rings is 1. The molecule has 0 aliphatic rings. The Kier molecular flexibility index (Phi) is 3.96. The summed E-state index contributed by atoms with van der Waals surface area (Å²) in [5, 5.41) is 4.94. The first kappa shape index (κ1) is 11.5. The van der Waals surface area contributed by atoms with Crippen molar-refractivity contribution < 1.29 is 8.42 Å². The molecule has 0 fully saturated rings. The Balaban J connectivity index is 2.86. The molecule has 1 aromatic heterocycles. The zero-order chi connectivity index (χ0) is 10.6. The number of primary sulfonamides is 1. The summed E-state index contributed by atoms with van der Waals surface area (Å²) < 4.78 is 21.9. The molecule has 0 atom stereocenters. The second-order valence-electron chi connectivity index (χ2n) is 2.40. The monoisotopic (exact) mass is 249 g/mol. The van der Waals surface area contributed by atoms with Gasteiger partial charge in [-0.3, -0.25) is 0 Å². The number of alkyl halides is 1. The molecule has 0 amide bonds. The zero-order valence-electron chi connectivity index (χ0n) is 7.16. The third-order valence-corrected chi connectivity index (χ3v) is 3.92. The maximum Gasteiger partial charge on any atom is 0.247 e. The Morgan fingerprint density at radius 1 is 1.50 bits per heavy atom. The summed E-state index contributed by atoms with van der Waals surface area (Å²) in [5.74, 6) is 6.08. The Hall–Kier alpha value is -0.540. The lowest BCUT2D eigenvalue weighted by molar-refractivity contribution is 0.600. The molecule has 0 radical (unpaired) electrons. The van der Waals surface area contributed by atoms with E-state index in [1.165, 1.54) is 6.07 Å². The summed E-state index contributed by atoms with van der Waals surface area (Å²) in [6, 6.07) is 3.08. The summed E-state index contributed by atoms with van der Waals surface area (Å²) in [6.45, 7) is 0. The van der Waals surface area contributed by atoms with Gasteiger partial charge in [0.05, 0.1) is 4.88 Å². The molecule has 0 bridgehead atoms. The van der Waals surface area contributed by atoms with E-state index < -0.39 is 10.0 Å². The van der Waals surface area contributed by atoms with Gasteiger partial charge in [-0.1, -0.05) is 11.8 Å². The number of nitrogens with two attached hydrogens (primary N) is 1. The molecule has 76 valence electrons. The fourth-order valence-electron chi connectivity index (χ4n) is 0.737. The minimum Gasteiger partial charge on any atom is -0.224 e. The first-order valence-electron chi connectivity index (χ1n) is 3.71. The van der Waals surface area contributed by atoms with E-state index in [4.69, 9.17) is 16.7 Å². The van der Waals surface area contributed by atoms with Crippen LogP contribution in [0.1, 0.15) is 11.3 Å². The molecule has 0 spiro atoms. The minimum atomic E-state index is -3.59. The van der Waals surface area contributed by atoms with Crippen LogP contribution in [0.3, 0.4) is 0 Å². The highest BCUT2D eigenvalue weighted by Crippen LogP contribution is 2.19. The molecule has 2 N–H and O–H groups in total. The predicted octanol–water partition coefficient (Wildman–Crippen LogP) is 1.38. The van der Waals surface area contributed by atoms with E-state index >= 15 is 0 Å². The van der Waals surface area contributed by atoms with Crippen LogP contribution in [0.2, 0.25) is 0 Å². The van der Waals surface area contributed by atoms with Crippen molar-refractivity contribution in [3.8, 4) is 11.8 Å². The standard InChI is InChI=1S/C8H8ClNO2S2/c9-6-2-1-3-7-4-5-8(13-7)14(10,11)12/h4-5H,2,6H2,(H2,10,11,12). The van der Waals surface area contributed by atoms with E-state index in [2.05, 4.69) is 11.8 Å². The molecule has 1 aromatic rings. The molecule has 1 rings (SSSR count). The SMILES string of the molecule is NS(=O)(=O)c1ccc(C#CCCCl)s1. The van der Waals surface area contributed by atoms with E-state index in [0.29, 0.717) is 17.2 Å². The second-order valence-corrected chi connectivity index (χ2v) is 5.65. The lowest BCUT2D eigenvalue weighted by Crippen LogP contribution is -2.09. The molecule has 1 heterocycles. The first-order chi connectivity index (χ1) is 6.54. The normalized spacial score (nSPS) is 10.7. The van der Waals surface area contributed by atoms with E-state index in [0.717, 1.165) is 11.3 Å². The summed E-state index contributed by atoms with van der Waals surface area (Å²) >= 11 is 6.49. The van der Waals surface area contributed by atoms with Crippen LogP contribution < -0.4 is 5.14 Å². The highest BCUT2D eigenvalue weighted by molar-refractivity contribution is 7.91. The largest absolute Gasteiger partial charge is 0.247 e. The van der Waals surface area contributed by atoms with Crippen LogP contribution in [-0.4, -0.2) is 14.3 Å².